The second-order valence-corrected chi connectivity index (χ2v) is 6.40. The highest BCUT2D eigenvalue weighted by molar-refractivity contribution is 9.10. The summed E-state index contributed by atoms with van der Waals surface area (Å²) in [6.07, 6.45) is 1.35. The molecule has 132 valence electrons. The van der Waals surface area contributed by atoms with E-state index >= 15 is 0 Å². The van der Waals surface area contributed by atoms with E-state index in [0.29, 0.717) is 22.5 Å². The van der Waals surface area contributed by atoms with Crippen LogP contribution in [0.15, 0.2) is 33.8 Å². The molecule has 0 spiro atoms. The van der Waals surface area contributed by atoms with E-state index in [1.807, 2.05) is 0 Å². The largest absolute Gasteiger partial charge is 0.465 e. The first kappa shape index (κ1) is 17.6. The molecule has 6 nitrogen and oxygen atoms in total. The summed E-state index contributed by atoms with van der Waals surface area (Å²) in [5.74, 6) is -0.805. The number of carbonyl (C=O) groups is 1. The third-order valence-corrected chi connectivity index (χ3v) is 4.66. The van der Waals surface area contributed by atoms with Crippen molar-refractivity contribution in [2.24, 2.45) is 0 Å². The van der Waals surface area contributed by atoms with E-state index in [1.54, 1.807) is 19.1 Å². The molecule has 0 amide bonds. The lowest BCUT2D eigenvalue weighted by Crippen LogP contribution is -2.33. The highest BCUT2D eigenvalue weighted by atomic mass is 79.9. The summed E-state index contributed by atoms with van der Waals surface area (Å²) in [6.45, 7) is 1.74. The summed E-state index contributed by atoms with van der Waals surface area (Å²) in [5, 5.41) is 3.18. The first-order valence-electron chi connectivity index (χ1n) is 7.96. The quantitative estimate of drug-likeness (QED) is 0.620. The van der Waals surface area contributed by atoms with Gasteiger partial charge >= 0.3 is 5.97 Å². The van der Waals surface area contributed by atoms with E-state index in [9.17, 15) is 14.0 Å². The molecule has 0 saturated heterocycles. The Kier molecular flexibility index (Phi) is 5.17. The molecule has 0 saturated carbocycles. The Hall–Kier alpha value is -2.22. The third kappa shape index (κ3) is 3.73. The molecule has 0 radical (unpaired) electrons. The number of hydrogen-bond donors (Lipinski definition) is 1. The molecule has 1 N–H and O–H groups in total. The number of aryl methyl sites for hydroxylation is 1. The van der Waals surface area contributed by atoms with Crippen LogP contribution in [0.25, 0.3) is 0 Å². The van der Waals surface area contributed by atoms with Gasteiger partial charge in [0.1, 0.15) is 18.0 Å². The first-order chi connectivity index (χ1) is 12.0. The van der Waals surface area contributed by atoms with Crippen LogP contribution < -0.4 is 10.9 Å². The van der Waals surface area contributed by atoms with Crippen LogP contribution >= 0.6 is 15.9 Å². The van der Waals surface area contributed by atoms with Crippen LogP contribution in [-0.4, -0.2) is 22.1 Å². The Balaban J connectivity index is 1.91. The average Bonchev–Trinajstić information content (AvgIpc) is 2.59. The van der Waals surface area contributed by atoms with Gasteiger partial charge in [0, 0.05) is 0 Å². The Morgan fingerprint density at radius 2 is 2.16 bits per heavy atom. The second-order valence-electron chi connectivity index (χ2n) is 5.69. The first-order valence-corrected chi connectivity index (χ1v) is 8.75. The van der Waals surface area contributed by atoms with Crippen molar-refractivity contribution in [1.29, 1.82) is 0 Å². The van der Waals surface area contributed by atoms with Crippen molar-refractivity contribution in [1.82, 2.24) is 9.55 Å². The van der Waals surface area contributed by atoms with Gasteiger partial charge in [0.05, 0.1) is 18.3 Å². The zero-order valence-corrected chi connectivity index (χ0v) is 15.2. The zero-order chi connectivity index (χ0) is 18.0. The standard InChI is InChI=1S/C17H17BrFN3O3/c1-2-25-14(23)9-22-16(24)15-13(21-17(22)18)8-7-12(20-15)10-3-5-11(19)6-4-10/h3-6,12,20H,2,7-9H2,1H3/t12-/m0/s1. The van der Waals surface area contributed by atoms with E-state index in [1.165, 1.54) is 16.7 Å². The van der Waals surface area contributed by atoms with Gasteiger partial charge in [-0.2, -0.15) is 0 Å². The lowest BCUT2D eigenvalue weighted by atomic mass is 9.96. The Morgan fingerprint density at radius 3 is 2.84 bits per heavy atom. The number of anilines is 1. The number of ether oxygens (including phenoxy) is 1. The van der Waals surface area contributed by atoms with Crippen LogP contribution in [0.1, 0.15) is 30.6 Å². The number of aromatic nitrogens is 2. The maximum Gasteiger partial charge on any atom is 0.326 e. The minimum absolute atomic E-state index is 0.111. The molecule has 0 fully saturated rings. The van der Waals surface area contributed by atoms with Crippen molar-refractivity contribution < 1.29 is 13.9 Å². The summed E-state index contributed by atoms with van der Waals surface area (Å²) in [6, 6.07) is 6.07. The van der Waals surface area contributed by atoms with Crippen molar-refractivity contribution in [2.45, 2.75) is 32.4 Å². The third-order valence-electron chi connectivity index (χ3n) is 4.05. The fourth-order valence-corrected chi connectivity index (χ4v) is 3.34. The van der Waals surface area contributed by atoms with Crippen molar-refractivity contribution in [3.05, 3.63) is 56.4 Å². The number of nitrogens with one attached hydrogen (secondary N) is 1. The van der Waals surface area contributed by atoms with Gasteiger partial charge in [0.2, 0.25) is 0 Å². The average molecular weight is 410 g/mol. The highest BCUT2D eigenvalue weighted by Crippen LogP contribution is 2.30. The fraction of sp³-hybridized carbons (Fsp3) is 0.353. The maximum atomic E-state index is 13.1. The van der Waals surface area contributed by atoms with Crippen LogP contribution in [0.3, 0.4) is 0 Å². The SMILES string of the molecule is CCOC(=O)Cn1c(Br)nc2c(c1=O)N[C@H](c1ccc(F)cc1)CC2. The molecule has 1 aromatic carbocycles. The monoisotopic (exact) mass is 409 g/mol. The number of halogens is 2. The topological polar surface area (TPSA) is 73.2 Å². The van der Waals surface area contributed by atoms with E-state index in [2.05, 4.69) is 26.2 Å². The van der Waals surface area contributed by atoms with Crippen LogP contribution in [0.5, 0.6) is 0 Å². The van der Waals surface area contributed by atoms with Gasteiger partial charge < -0.3 is 10.1 Å². The molecule has 8 heteroatoms. The van der Waals surface area contributed by atoms with Crippen LogP contribution in [0.2, 0.25) is 0 Å². The molecule has 2 aromatic rings. The molecule has 3 rings (SSSR count). The molecule has 0 bridgehead atoms. The Bertz CT molecular complexity index is 851. The molecule has 1 aliphatic heterocycles. The predicted molar refractivity (Wildman–Crippen MR) is 93.9 cm³/mol. The number of benzene rings is 1. The summed E-state index contributed by atoms with van der Waals surface area (Å²) < 4.78 is 19.5. The molecule has 1 aromatic heterocycles. The number of hydrogen-bond acceptors (Lipinski definition) is 5. The van der Waals surface area contributed by atoms with Gasteiger partial charge in [0.25, 0.3) is 5.56 Å². The molecule has 25 heavy (non-hydrogen) atoms. The normalized spacial score (nSPS) is 16.0. The Morgan fingerprint density at radius 1 is 1.44 bits per heavy atom. The maximum absolute atomic E-state index is 13.1. The van der Waals surface area contributed by atoms with E-state index in [0.717, 1.165) is 12.0 Å². The van der Waals surface area contributed by atoms with E-state index in [4.69, 9.17) is 4.74 Å². The predicted octanol–water partition coefficient (Wildman–Crippen LogP) is 2.81. The molecular weight excluding hydrogens is 393 g/mol. The molecular formula is C17H17BrFN3O3. The smallest absolute Gasteiger partial charge is 0.326 e. The van der Waals surface area contributed by atoms with Gasteiger partial charge in [-0.05, 0) is 53.4 Å². The van der Waals surface area contributed by atoms with E-state index in [-0.39, 0.29) is 30.6 Å². The van der Waals surface area contributed by atoms with Gasteiger partial charge in [-0.15, -0.1) is 0 Å². The van der Waals surface area contributed by atoms with E-state index < -0.39 is 5.97 Å². The van der Waals surface area contributed by atoms with Crippen molar-refractivity contribution in [2.75, 3.05) is 11.9 Å². The fourth-order valence-electron chi connectivity index (χ4n) is 2.84. The summed E-state index contributed by atoms with van der Waals surface area (Å²) in [5.41, 5.74) is 1.58. The molecule has 1 atom stereocenters. The molecule has 0 unspecified atom stereocenters. The number of rotatable bonds is 4. The number of nitrogens with zero attached hydrogens (tertiary/aromatic N) is 2. The molecule has 2 heterocycles. The lowest BCUT2D eigenvalue weighted by Gasteiger charge is -2.27. The van der Waals surface area contributed by atoms with Crippen molar-refractivity contribution in [3.63, 3.8) is 0 Å². The Labute approximate surface area is 152 Å². The number of fused-ring (bicyclic) bond motifs is 1. The van der Waals surface area contributed by atoms with Crippen LogP contribution in [-0.2, 0) is 22.5 Å². The van der Waals surface area contributed by atoms with Crippen molar-refractivity contribution >= 4 is 27.6 Å². The minimum Gasteiger partial charge on any atom is -0.465 e. The number of carbonyl (C=O) groups excluding carboxylic acids is 1. The zero-order valence-electron chi connectivity index (χ0n) is 13.6. The van der Waals surface area contributed by atoms with Crippen LogP contribution in [0.4, 0.5) is 10.1 Å². The van der Waals surface area contributed by atoms with Crippen LogP contribution in [0, 0.1) is 5.82 Å². The minimum atomic E-state index is -0.502. The van der Waals surface area contributed by atoms with Gasteiger partial charge in [0.15, 0.2) is 4.73 Å². The molecule has 1 aliphatic rings. The summed E-state index contributed by atoms with van der Waals surface area (Å²) in [7, 11) is 0. The van der Waals surface area contributed by atoms with Gasteiger partial charge in [-0.3, -0.25) is 14.2 Å². The summed E-state index contributed by atoms with van der Waals surface area (Å²) in [4.78, 5) is 28.9. The summed E-state index contributed by atoms with van der Waals surface area (Å²) >= 11 is 3.25. The van der Waals surface area contributed by atoms with Crippen molar-refractivity contribution in [3.8, 4) is 0 Å². The number of esters is 1. The second kappa shape index (κ2) is 7.35. The lowest BCUT2D eigenvalue weighted by molar-refractivity contribution is -0.143. The molecule has 0 aliphatic carbocycles. The highest BCUT2D eigenvalue weighted by Gasteiger charge is 2.25. The van der Waals surface area contributed by atoms with Gasteiger partial charge in [-0.25, -0.2) is 9.37 Å². The van der Waals surface area contributed by atoms with Gasteiger partial charge in [-0.1, -0.05) is 12.1 Å².